The molecule has 0 bridgehead atoms. The van der Waals surface area contributed by atoms with E-state index in [1.54, 1.807) is 0 Å². The number of rotatable bonds is 2. The van der Waals surface area contributed by atoms with Crippen molar-refractivity contribution in [3.63, 3.8) is 0 Å². The zero-order chi connectivity index (χ0) is 11.5. The van der Waals surface area contributed by atoms with Gasteiger partial charge in [-0.05, 0) is 26.8 Å². The molecule has 1 aliphatic heterocycles. The van der Waals surface area contributed by atoms with Gasteiger partial charge in [0.1, 0.15) is 0 Å². The highest BCUT2D eigenvalue weighted by molar-refractivity contribution is 4.93. The summed E-state index contributed by atoms with van der Waals surface area (Å²) < 4.78 is 0. The fraction of sp³-hybridized carbons (Fsp3) is 0.923. The second kappa shape index (κ2) is 5.16. The summed E-state index contributed by atoms with van der Waals surface area (Å²) in [6.07, 6.45) is 6.21. The monoisotopic (exact) mass is 221 g/mol. The molecule has 1 heterocycles. The van der Waals surface area contributed by atoms with Crippen molar-refractivity contribution in [2.75, 3.05) is 20.1 Å². The van der Waals surface area contributed by atoms with Gasteiger partial charge in [0, 0.05) is 31.2 Å². The molecule has 1 saturated heterocycles. The van der Waals surface area contributed by atoms with Crippen molar-refractivity contribution in [3.05, 3.63) is 0 Å². The number of likely N-dealkylation sites (N-methyl/N-ethyl adjacent to an activating group) is 1. The summed E-state index contributed by atoms with van der Waals surface area (Å²) in [6, 6.07) is 4.16. The third kappa shape index (κ3) is 2.39. The molecule has 3 heteroatoms. The fourth-order valence-corrected chi connectivity index (χ4v) is 3.18. The second-order valence-electron chi connectivity index (χ2n) is 5.42. The summed E-state index contributed by atoms with van der Waals surface area (Å²) in [4.78, 5) is 5.02. The van der Waals surface area contributed by atoms with Crippen LogP contribution < -0.4 is 0 Å². The Morgan fingerprint density at radius 3 is 2.56 bits per heavy atom. The molecule has 16 heavy (non-hydrogen) atoms. The van der Waals surface area contributed by atoms with E-state index in [0.717, 1.165) is 12.6 Å². The lowest BCUT2D eigenvalue weighted by atomic mass is 10.0. The number of nitriles is 1. The van der Waals surface area contributed by atoms with Crippen LogP contribution in [-0.4, -0.2) is 48.1 Å². The average Bonchev–Trinajstić information content (AvgIpc) is 2.78. The largest absolute Gasteiger partial charge is 0.297 e. The number of nitrogens with zero attached hydrogens (tertiary/aromatic N) is 3. The topological polar surface area (TPSA) is 30.3 Å². The van der Waals surface area contributed by atoms with Crippen molar-refractivity contribution in [1.29, 1.82) is 5.26 Å². The second-order valence-corrected chi connectivity index (χ2v) is 5.42. The standard InChI is InChI=1S/C13H23N3/c1-11-9-16(12-5-3-4-6-12)10-13(7-8-14)15(11)2/h11-13H,3-7,9-10H2,1-2H3. The molecule has 0 aromatic heterocycles. The minimum Gasteiger partial charge on any atom is -0.297 e. The molecule has 0 aromatic carbocycles. The lowest BCUT2D eigenvalue weighted by Crippen LogP contribution is -2.58. The smallest absolute Gasteiger partial charge is 0.0638 e. The zero-order valence-corrected chi connectivity index (χ0v) is 10.5. The van der Waals surface area contributed by atoms with Gasteiger partial charge in [-0.1, -0.05) is 12.8 Å². The van der Waals surface area contributed by atoms with E-state index in [9.17, 15) is 0 Å². The van der Waals surface area contributed by atoms with Crippen LogP contribution in [0.15, 0.2) is 0 Å². The molecule has 0 N–H and O–H groups in total. The lowest BCUT2D eigenvalue weighted by molar-refractivity contribution is 0.0297. The van der Waals surface area contributed by atoms with Crippen LogP contribution in [0.5, 0.6) is 0 Å². The van der Waals surface area contributed by atoms with Crippen LogP contribution in [0.3, 0.4) is 0 Å². The first kappa shape index (κ1) is 11.9. The van der Waals surface area contributed by atoms with Crippen LogP contribution >= 0.6 is 0 Å². The average molecular weight is 221 g/mol. The van der Waals surface area contributed by atoms with Crippen molar-refractivity contribution < 1.29 is 0 Å². The molecule has 2 rings (SSSR count). The normalized spacial score (nSPS) is 34.1. The maximum absolute atomic E-state index is 8.88. The molecule has 1 aliphatic carbocycles. The molecule has 2 unspecified atom stereocenters. The van der Waals surface area contributed by atoms with Crippen LogP contribution in [0.2, 0.25) is 0 Å². The van der Waals surface area contributed by atoms with Gasteiger partial charge in [0.15, 0.2) is 0 Å². The maximum Gasteiger partial charge on any atom is 0.0638 e. The predicted octanol–water partition coefficient (Wildman–Crippen LogP) is 1.85. The first-order valence-electron chi connectivity index (χ1n) is 6.55. The van der Waals surface area contributed by atoms with E-state index in [0.29, 0.717) is 18.5 Å². The number of hydrogen-bond donors (Lipinski definition) is 0. The van der Waals surface area contributed by atoms with Crippen LogP contribution in [-0.2, 0) is 0 Å². The Balaban J connectivity index is 1.98. The van der Waals surface area contributed by atoms with Crippen LogP contribution in [0.25, 0.3) is 0 Å². The molecule has 2 aliphatic rings. The molecule has 0 radical (unpaired) electrons. The van der Waals surface area contributed by atoms with Gasteiger partial charge in [0.25, 0.3) is 0 Å². The molecule has 1 saturated carbocycles. The van der Waals surface area contributed by atoms with Crippen LogP contribution in [0, 0.1) is 11.3 Å². The summed E-state index contributed by atoms with van der Waals surface area (Å²) in [5.74, 6) is 0. The van der Waals surface area contributed by atoms with E-state index in [2.05, 4.69) is 29.8 Å². The molecule has 0 amide bonds. The molecular formula is C13H23N3. The van der Waals surface area contributed by atoms with Gasteiger partial charge in [-0.15, -0.1) is 0 Å². The van der Waals surface area contributed by atoms with E-state index < -0.39 is 0 Å². The fourth-order valence-electron chi connectivity index (χ4n) is 3.18. The molecule has 3 nitrogen and oxygen atoms in total. The molecular weight excluding hydrogens is 198 g/mol. The van der Waals surface area contributed by atoms with Crippen molar-refractivity contribution in [2.45, 2.75) is 57.2 Å². The first-order valence-corrected chi connectivity index (χ1v) is 6.55. The minimum absolute atomic E-state index is 0.439. The van der Waals surface area contributed by atoms with Gasteiger partial charge in [-0.3, -0.25) is 9.80 Å². The van der Waals surface area contributed by atoms with Gasteiger partial charge < -0.3 is 0 Å². The Hall–Kier alpha value is -0.590. The molecule has 0 spiro atoms. The predicted molar refractivity (Wildman–Crippen MR) is 65.1 cm³/mol. The minimum atomic E-state index is 0.439. The summed E-state index contributed by atoms with van der Waals surface area (Å²) in [6.45, 7) is 4.56. The van der Waals surface area contributed by atoms with Gasteiger partial charge in [0.2, 0.25) is 0 Å². The van der Waals surface area contributed by atoms with Gasteiger partial charge in [-0.25, -0.2) is 0 Å². The Kier molecular flexibility index (Phi) is 3.83. The van der Waals surface area contributed by atoms with Crippen LogP contribution in [0.4, 0.5) is 0 Å². The van der Waals surface area contributed by atoms with Crippen LogP contribution in [0.1, 0.15) is 39.0 Å². The molecule has 2 fully saturated rings. The summed E-state index contributed by atoms with van der Waals surface area (Å²) in [5, 5.41) is 8.88. The molecule has 2 atom stereocenters. The SMILES string of the molecule is CC1CN(C2CCCC2)CC(CC#N)N1C. The molecule has 0 aromatic rings. The van der Waals surface area contributed by atoms with Crippen molar-refractivity contribution in [1.82, 2.24) is 9.80 Å². The highest BCUT2D eigenvalue weighted by atomic mass is 15.3. The van der Waals surface area contributed by atoms with Gasteiger partial charge in [-0.2, -0.15) is 5.26 Å². The third-order valence-electron chi connectivity index (χ3n) is 4.38. The Morgan fingerprint density at radius 1 is 1.25 bits per heavy atom. The van der Waals surface area contributed by atoms with Crippen molar-refractivity contribution in [3.8, 4) is 6.07 Å². The van der Waals surface area contributed by atoms with E-state index in [1.165, 1.54) is 32.2 Å². The van der Waals surface area contributed by atoms with Gasteiger partial charge in [0.05, 0.1) is 12.5 Å². The zero-order valence-electron chi connectivity index (χ0n) is 10.5. The first-order chi connectivity index (χ1) is 7.72. The summed E-state index contributed by atoms with van der Waals surface area (Å²) in [5.41, 5.74) is 0. The van der Waals surface area contributed by atoms with E-state index >= 15 is 0 Å². The Bertz CT molecular complexity index is 265. The van der Waals surface area contributed by atoms with Crippen molar-refractivity contribution >= 4 is 0 Å². The Morgan fingerprint density at radius 2 is 1.94 bits per heavy atom. The summed E-state index contributed by atoms with van der Waals surface area (Å²) >= 11 is 0. The molecule has 90 valence electrons. The Labute approximate surface area is 99.0 Å². The quantitative estimate of drug-likeness (QED) is 0.713. The third-order valence-corrected chi connectivity index (χ3v) is 4.38. The lowest BCUT2D eigenvalue weighted by Gasteiger charge is -2.45. The highest BCUT2D eigenvalue weighted by Crippen LogP contribution is 2.27. The van der Waals surface area contributed by atoms with Gasteiger partial charge >= 0.3 is 0 Å². The maximum atomic E-state index is 8.88. The van der Waals surface area contributed by atoms with E-state index in [-0.39, 0.29) is 0 Å². The number of piperazine rings is 1. The van der Waals surface area contributed by atoms with Crippen molar-refractivity contribution in [2.24, 2.45) is 0 Å². The highest BCUT2D eigenvalue weighted by Gasteiger charge is 2.33. The summed E-state index contributed by atoms with van der Waals surface area (Å²) in [7, 11) is 2.17. The van der Waals surface area contributed by atoms with E-state index in [1.807, 2.05) is 0 Å². The van der Waals surface area contributed by atoms with E-state index in [4.69, 9.17) is 5.26 Å². The number of hydrogen-bond acceptors (Lipinski definition) is 3.